The van der Waals surface area contributed by atoms with Crippen LogP contribution in [0, 0.1) is 0 Å². The molecule has 16 heavy (non-hydrogen) atoms. The number of rotatable bonds is 3. The first-order chi connectivity index (χ1) is 7.81. The third-order valence-electron chi connectivity index (χ3n) is 1.81. The Kier molecular flexibility index (Phi) is 3.13. The van der Waals surface area contributed by atoms with Crippen LogP contribution < -0.4 is 5.48 Å². The van der Waals surface area contributed by atoms with E-state index in [0.29, 0.717) is 22.2 Å². The Bertz CT molecular complexity index is 498. The van der Waals surface area contributed by atoms with E-state index in [1.54, 1.807) is 23.7 Å². The fourth-order valence-corrected chi connectivity index (χ4v) is 1.35. The number of aliphatic imine (C=N–C) groups is 1. The van der Waals surface area contributed by atoms with Gasteiger partial charge >= 0.3 is 0 Å². The molecule has 0 spiro atoms. The summed E-state index contributed by atoms with van der Waals surface area (Å²) >= 11 is 5.83. The summed E-state index contributed by atoms with van der Waals surface area (Å²) in [6.07, 6.45) is 2.41. The van der Waals surface area contributed by atoms with E-state index < -0.39 is 0 Å². The Morgan fingerprint density at radius 3 is 3.06 bits per heavy atom. The van der Waals surface area contributed by atoms with Crippen molar-refractivity contribution in [3.63, 3.8) is 0 Å². The SMILES string of the molecule is ONC=Nc1cc(Cl)ccc1-c1ncno1. The van der Waals surface area contributed by atoms with Gasteiger partial charge in [0.25, 0.3) is 5.89 Å². The number of halogens is 1. The molecule has 1 aromatic carbocycles. The summed E-state index contributed by atoms with van der Waals surface area (Å²) in [4.78, 5) is 7.85. The zero-order chi connectivity index (χ0) is 11.4. The molecule has 6 nitrogen and oxygen atoms in total. The van der Waals surface area contributed by atoms with E-state index in [9.17, 15) is 0 Å². The van der Waals surface area contributed by atoms with E-state index >= 15 is 0 Å². The maximum atomic E-state index is 8.43. The van der Waals surface area contributed by atoms with Crippen molar-refractivity contribution >= 4 is 23.6 Å². The lowest BCUT2D eigenvalue weighted by Crippen LogP contribution is -2.01. The molecule has 0 aliphatic heterocycles. The van der Waals surface area contributed by atoms with Crippen LogP contribution in [0.1, 0.15) is 0 Å². The van der Waals surface area contributed by atoms with Crippen LogP contribution in [-0.2, 0) is 0 Å². The lowest BCUT2D eigenvalue weighted by Gasteiger charge is -2.01. The van der Waals surface area contributed by atoms with Gasteiger partial charge in [-0.05, 0) is 18.2 Å². The molecule has 0 saturated carbocycles. The minimum atomic E-state index is 0.335. The molecular formula is C9H7ClN4O2. The van der Waals surface area contributed by atoms with Crippen LogP contribution in [0.15, 0.2) is 34.0 Å². The van der Waals surface area contributed by atoms with Crippen LogP contribution in [0.5, 0.6) is 0 Å². The minimum Gasteiger partial charge on any atom is -0.334 e. The zero-order valence-electron chi connectivity index (χ0n) is 7.96. The van der Waals surface area contributed by atoms with Crippen LogP contribution in [0.4, 0.5) is 5.69 Å². The van der Waals surface area contributed by atoms with Crippen LogP contribution in [0.25, 0.3) is 11.5 Å². The fraction of sp³-hybridized carbons (Fsp3) is 0. The van der Waals surface area contributed by atoms with E-state index in [1.807, 2.05) is 0 Å². The van der Waals surface area contributed by atoms with Crippen molar-refractivity contribution < 1.29 is 9.73 Å². The van der Waals surface area contributed by atoms with E-state index in [2.05, 4.69) is 15.1 Å². The standard InChI is InChI=1S/C9H7ClN4O2/c10-6-1-2-7(9-12-5-14-16-9)8(3-6)11-4-13-15/h1-5,15H,(H,11,13). The largest absolute Gasteiger partial charge is 0.334 e. The Morgan fingerprint density at radius 1 is 1.50 bits per heavy atom. The van der Waals surface area contributed by atoms with E-state index in [-0.39, 0.29) is 0 Å². The van der Waals surface area contributed by atoms with Gasteiger partial charge in [-0.2, -0.15) is 4.98 Å². The normalized spacial score (nSPS) is 10.9. The van der Waals surface area contributed by atoms with Gasteiger partial charge in [0.2, 0.25) is 0 Å². The van der Waals surface area contributed by atoms with Crippen LogP contribution in [0.3, 0.4) is 0 Å². The molecule has 0 saturated heterocycles. The van der Waals surface area contributed by atoms with Crippen molar-refractivity contribution in [1.82, 2.24) is 15.6 Å². The number of hydrogen-bond acceptors (Lipinski definition) is 5. The van der Waals surface area contributed by atoms with Crippen molar-refractivity contribution in [2.24, 2.45) is 4.99 Å². The highest BCUT2D eigenvalue weighted by Gasteiger charge is 2.09. The predicted molar refractivity (Wildman–Crippen MR) is 57.8 cm³/mol. The number of benzene rings is 1. The number of aromatic nitrogens is 2. The topological polar surface area (TPSA) is 83.5 Å². The molecule has 82 valence electrons. The van der Waals surface area contributed by atoms with Crippen molar-refractivity contribution in [2.75, 3.05) is 0 Å². The minimum absolute atomic E-state index is 0.335. The maximum Gasteiger partial charge on any atom is 0.259 e. The lowest BCUT2D eigenvalue weighted by molar-refractivity contribution is 0.240. The van der Waals surface area contributed by atoms with Gasteiger partial charge in [0.15, 0.2) is 6.33 Å². The Balaban J connectivity index is 2.48. The molecule has 0 aliphatic carbocycles. The van der Waals surface area contributed by atoms with E-state index in [0.717, 1.165) is 6.34 Å². The monoisotopic (exact) mass is 238 g/mol. The van der Waals surface area contributed by atoms with E-state index in [4.69, 9.17) is 21.3 Å². The second-order valence-corrected chi connectivity index (χ2v) is 3.23. The highest BCUT2D eigenvalue weighted by molar-refractivity contribution is 6.31. The molecule has 0 radical (unpaired) electrons. The predicted octanol–water partition coefficient (Wildman–Crippen LogP) is 2.03. The van der Waals surface area contributed by atoms with Crippen molar-refractivity contribution in [2.45, 2.75) is 0 Å². The summed E-state index contributed by atoms with van der Waals surface area (Å²) in [6.45, 7) is 0. The zero-order valence-corrected chi connectivity index (χ0v) is 8.72. The number of hydroxylamine groups is 1. The molecule has 0 fully saturated rings. The van der Waals surface area contributed by atoms with Gasteiger partial charge in [-0.1, -0.05) is 16.8 Å². The van der Waals surface area contributed by atoms with Gasteiger partial charge in [0.1, 0.15) is 6.34 Å². The van der Waals surface area contributed by atoms with Gasteiger partial charge in [-0.3, -0.25) is 10.7 Å². The van der Waals surface area contributed by atoms with Gasteiger partial charge in [0, 0.05) is 5.02 Å². The summed E-state index contributed by atoms with van der Waals surface area (Å²) in [5.41, 5.74) is 2.95. The molecule has 2 N–H and O–H groups in total. The molecule has 0 bridgehead atoms. The Morgan fingerprint density at radius 2 is 2.38 bits per heavy atom. The lowest BCUT2D eigenvalue weighted by atomic mass is 10.2. The smallest absolute Gasteiger partial charge is 0.259 e. The van der Waals surface area contributed by atoms with Gasteiger partial charge < -0.3 is 4.52 Å². The molecule has 1 heterocycles. The molecule has 1 aromatic heterocycles. The molecule has 0 aliphatic rings. The van der Waals surface area contributed by atoms with Gasteiger partial charge in [-0.15, -0.1) is 0 Å². The molecule has 0 atom stereocenters. The van der Waals surface area contributed by atoms with Crippen molar-refractivity contribution in [3.8, 4) is 11.5 Å². The molecule has 2 aromatic rings. The summed E-state index contributed by atoms with van der Waals surface area (Å²) < 4.78 is 4.92. The highest BCUT2D eigenvalue weighted by Crippen LogP contribution is 2.30. The average Bonchev–Trinajstić information content (AvgIpc) is 2.80. The number of nitrogens with one attached hydrogen (secondary N) is 1. The average molecular weight is 239 g/mol. The van der Waals surface area contributed by atoms with Gasteiger partial charge in [-0.25, -0.2) is 4.99 Å². The first kappa shape index (κ1) is 10.6. The summed E-state index contributed by atoms with van der Waals surface area (Å²) in [6, 6.07) is 5.02. The van der Waals surface area contributed by atoms with Crippen molar-refractivity contribution in [3.05, 3.63) is 29.5 Å². The summed E-state index contributed by atoms with van der Waals surface area (Å²) in [5, 5.41) is 12.5. The third kappa shape index (κ3) is 2.18. The van der Waals surface area contributed by atoms with Crippen molar-refractivity contribution in [1.29, 1.82) is 0 Å². The van der Waals surface area contributed by atoms with Gasteiger partial charge in [0.05, 0.1) is 11.3 Å². The highest BCUT2D eigenvalue weighted by atomic mass is 35.5. The third-order valence-corrected chi connectivity index (χ3v) is 2.05. The van der Waals surface area contributed by atoms with Crippen LogP contribution in [0.2, 0.25) is 5.02 Å². The van der Waals surface area contributed by atoms with Crippen LogP contribution >= 0.6 is 11.6 Å². The molecule has 0 amide bonds. The molecule has 7 heteroatoms. The molecular weight excluding hydrogens is 232 g/mol. The quantitative estimate of drug-likeness (QED) is 0.486. The summed E-state index contributed by atoms with van der Waals surface area (Å²) in [7, 11) is 0. The second kappa shape index (κ2) is 4.73. The second-order valence-electron chi connectivity index (χ2n) is 2.80. The van der Waals surface area contributed by atoms with Crippen LogP contribution in [-0.4, -0.2) is 21.7 Å². The fourth-order valence-electron chi connectivity index (χ4n) is 1.18. The molecule has 0 unspecified atom stereocenters. The Hall–Kier alpha value is -1.92. The number of nitrogens with zero attached hydrogens (tertiary/aromatic N) is 3. The maximum absolute atomic E-state index is 8.43. The first-order valence-corrected chi connectivity index (χ1v) is 4.68. The Labute approximate surface area is 95.5 Å². The molecule has 2 rings (SSSR count). The first-order valence-electron chi connectivity index (χ1n) is 4.30. The number of hydrogen-bond donors (Lipinski definition) is 2. The summed E-state index contributed by atoms with van der Waals surface area (Å²) in [5.74, 6) is 0.335. The van der Waals surface area contributed by atoms with E-state index in [1.165, 1.54) is 6.33 Å².